The molecule has 1 fully saturated rings. The number of carboxylic acid groups (broad SMARTS) is 1. The van der Waals surface area contributed by atoms with Crippen LogP contribution in [0.4, 0.5) is 0 Å². The molecule has 2 rings (SSSR count). The molecule has 0 bridgehead atoms. The number of carbonyl (C=O) groups excluding carboxylic acids is 1. The van der Waals surface area contributed by atoms with Gasteiger partial charge in [0, 0.05) is 5.92 Å². The van der Waals surface area contributed by atoms with E-state index in [4.69, 9.17) is 9.63 Å². The van der Waals surface area contributed by atoms with Crippen molar-refractivity contribution in [1.29, 1.82) is 0 Å². The fourth-order valence-electron chi connectivity index (χ4n) is 2.08. The van der Waals surface area contributed by atoms with Gasteiger partial charge in [-0.2, -0.15) is 0 Å². The molecule has 0 aromatic carbocycles. The maximum atomic E-state index is 12.2. The molecule has 0 saturated heterocycles. The smallest absolute Gasteiger partial charge is 0.326 e. The molecule has 19 heavy (non-hydrogen) atoms. The Balaban J connectivity index is 2.19. The van der Waals surface area contributed by atoms with E-state index in [-0.39, 0.29) is 11.8 Å². The molecule has 1 amide bonds. The number of amides is 1. The van der Waals surface area contributed by atoms with Gasteiger partial charge in [-0.3, -0.25) is 4.79 Å². The number of carbonyl (C=O) groups is 2. The van der Waals surface area contributed by atoms with Gasteiger partial charge in [-0.15, -0.1) is 0 Å². The van der Waals surface area contributed by atoms with Crippen LogP contribution in [0.25, 0.3) is 0 Å². The van der Waals surface area contributed by atoms with Crippen LogP contribution in [0.5, 0.6) is 0 Å². The Morgan fingerprint density at radius 1 is 1.42 bits per heavy atom. The maximum Gasteiger partial charge on any atom is 0.326 e. The topological polar surface area (TPSA) is 92.4 Å². The number of carboxylic acids is 1. The zero-order valence-corrected chi connectivity index (χ0v) is 11.3. The van der Waals surface area contributed by atoms with Gasteiger partial charge in [-0.05, 0) is 25.7 Å². The van der Waals surface area contributed by atoms with Crippen molar-refractivity contribution in [1.82, 2.24) is 10.5 Å². The minimum atomic E-state index is -0.990. The SMILES string of the molecule is Cc1noc(C(C)C)c1C(=O)NC(C(=O)O)C1CC1. The summed E-state index contributed by atoms with van der Waals surface area (Å²) in [6.45, 7) is 5.47. The number of nitrogens with one attached hydrogen (secondary N) is 1. The molecular formula is C13H18N2O4. The Bertz CT molecular complexity index is 503. The predicted octanol–water partition coefficient (Wildman–Crippen LogP) is 1.70. The largest absolute Gasteiger partial charge is 0.480 e. The van der Waals surface area contributed by atoms with E-state index in [1.165, 1.54) is 0 Å². The molecule has 1 aromatic rings. The minimum absolute atomic E-state index is 0.0196. The second kappa shape index (κ2) is 5.03. The van der Waals surface area contributed by atoms with Gasteiger partial charge in [0.15, 0.2) is 5.76 Å². The van der Waals surface area contributed by atoms with Crippen molar-refractivity contribution in [3.8, 4) is 0 Å². The summed E-state index contributed by atoms with van der Waals surface area (Å²) in [5.74, 6) is -0.844. The molecule has 0 aliphatic heterocycles. The highest BCUT2D eigenvalue weighted by Crippen LogP contribution is 2.33. The van der Waals surface area contributed by atoms with E-state index in [1.54, 1.807) is 6.92 Å². The lowest BCUT2D eigenvalue weighted by molar-refractivity contribution is -0.139. The Morgan fingerprint density at radius 2 is 2.05 bits per heavy atom. The first kappa shape index (κ1) is 13.6. The van der Waals surface area contributed by atoms with Crippen molar-refractivity contribution in [3.05, 3.63) is 17.0 Å². The maximum absolute atomic E-state index is 12.2. The normalized spacial score (nSPS) is 16.4. The first-order valence-electron chi connectivity index (χ1n) is 6.41. The van der Waals surface area contributed by atoms with Gasteiger partial charge in [0.1, 0.15) is 11.6 Å². The van der Waals surface area contributed by atoms with Gasteiger partial charge < -0.3 is 14.9 Å². The zero-order valence-electron chi connectivity index (χ0n) is 11.3. The van der Waals surface area contributed by atoms with E-state index < -0.39 is 17.9 Å². The molecule has 1 heterocycles. The van der Waals surface area contributed by atoms with Crippen LogP contribution in [0.15, 0.2) is 4.52 Å². The standard InChI is InChI=1S/C13H18N2O4/c1-6(2)11-9(7(3)15-19-11)12(16)14-10(13(17)18)8-4-5-8/h6,8,10H,4-5H2,1-3H3,(H,14,16)(H,17,18). The number of hydrogen-bond donors (Lipinski definition) is 2. The molecule has 1 unspecified atom stereocenters. The molecular weight excluding hydrogens is 248 g/mol. The third-order valence-corrected chi connectivity index (χ3v) is 3.29. The molecule has 1 aliphatic rings. The molecule has 0 radical (unpaired) electrons. The number of nitrogens with zero attached hydrogens (tertiary/aromatic N) is 1. The van der Waals surface area contributed by atoms with Gasteiger partial charge in [0.25, 0.3) is 5.91 Å². The van der Waals surface area contributed by atoms with Gasteiger partial charge in [0.05, 0.1) is 5.69 Å². The zero-order chi connectivity index (χ0) is 14.2. The number of rotatable bonds is 5. The summed E-state index contributed by atoms with van der Waals surface area (Å²) in [5, 5.41) is 15.5. The predicted molar refractivity (Wildman–Crippen MR) is 66.9 cm³/mol. The minimum Gasteiger partial charge on any atom is -0.480 e. The number of aryl methyl sites for hydroxylation is 1. The van der Waals surface area contributed by atoms with Gasteiger partial charge in [0.2, 0.25) is 0 Å². The van der Waals surface area contributed by atoms with E-state index in [0.717, 1.165) is 12.8 Å². The van der Waals surface area contributed by atoms with E-state index in [9.17, 15) is 9.59 Å². The molecule has 6 heteroatoms. The summed E-state index contributed by atoms with van der Waals surface area (Å²) in [6, 6.07) is -0.818. The van der Waals surface area contributed by atoms with Crippen LogP contribution in [0, 0.1) is 12.8 Å². The summed E-state index contributed by atoms with van der Waals surface area (Å²) in [4.78, 5) is 23.4. The number of aromatic nitrogens is 1. The van der Waals surface area contributed by atoms with E-state index in [0.29, 0.717) is 17.0 Å². The lowest BCUT2D eigenvalue weighted by Gasteiger charge is -2.14. The molecule has 6 nitrogen and oxygen atoms in total. The van der Waals surface area contributed by atoms with Crippen molar-refractivity contribution >= 4 is 11.9 Å². The van der Waals surface area contributed by atoms with Crippen molar-refractivity contribution in [2.24, 2.45) is 5.92 Å². The van der Waals surface area contributed by atoms with Gasteiger partial charge in [-0.25, -0.2) is 4.79 Å². The van der Waals surface area contributed by atoms with E-state index >= 15 is 0 Å². The van der Waals surface area contributed by atoms with Crippen LogP contribution in [-0.4, -0.2) is 28.2 Å². The van der Waals surface area contributed by atoms with E-state index in [1.807, 2.05) is 13.8 Å². The fourth-order valence-corrected chi connectivity index (χ4v) is 2.08. The van der Waals surface area contributed by atoms with Crippen LogP contribution in [-0.2, 0) is 4.79 Å². The molecule has 1 atom stereocenters. The van der Waals surface area contributed by atoms with Crippen LogP contribution < -0.4 is 5.32 Å². The molecule has 0 spiro atoms. The Hall–Kier alpha value is -1.85. The molecule has 1 saturated carbocycles. The summed E-state index contributed by atoms with van der Waals surface area (Å²) >= 11 is 0. The van der Waals surface area contributed by atoms with E-state index in [2.05, 4.69) is 10.5 Å². The second-order valence-electron chi connectivity index (χ2n) is 5.29. The van der Waals surface area contributed by atoms with Crippen molar-refractivity contribution in [2.45, 2.75) is 45.6 Å². The average molecular weight is 266 g/mol. The summed E-state index contributed by atoms with van der Waals surface area (Å²) in [5.41, 5.74) is 0.850. The lowest BCUT2D eigenvalue weighted by atomic mass is 10.0. The summed E-state index contributed by atoms with van der Waals surface area (Å²) in [7, 11) is 0. The third kappa shape index (κ3) is 2.77. The highest BCUT2D eigenvalue weighted by molar-refractivity contribution is 5.98. The second-order valence-corrected chi connectivity index (χ2v) is 5.29. The fraction of sp³-hybridized carbons (Fsp3) is 0.615. The van der Waals surface area contributed by atoms with Gasteiger partial charge in [-0.1, -0.05) is 19.0 Å². The van der Waals surface area contributed by atoms with Crippen LogP contribution in [0.3, 0.4) is 0 Å². The quantitative estimate of drug-likeness (QED) is 0.846. The van der Waals surface area contributed by atoms with Crippen LogP contribution in [0.1, 0.15) is 54.4 Å². The van der Waals surface area contributed by atoms with Crippen molar-refractivity contribution < 1.29 is 19.2 Å². The molecule has 104 valence electrons. The molecule has 2 N–H and O–H groups in total. The Morgan fingerprint density at radius 3 is 2.53 bits per heavy atom. The Kier molecular flexibility index (Phi) is 3.59. The highest BCUT2D eigenvalue weighted by atomic mass is 16.5. The van der Waals surface area contributed by atoms with Gasteiger partial charge >= 0.3 is 5.97 Å². The van der Waals surface area contributed by atoms with Crippen LogP contribution in [0.2, 0.25) is 0 Å². The average Bonchev–Trinajstić information content (AvgIpc) is 3.07. The third-order valence-electron chi connectivity index (χ3n) is 3.29. The summed E-state index contributed by atoms with van der Waals surface area (Å²) < 4.78 is 5.14. The monoisotopic (exact) mass is 266 g/mol. The first-order valence-corrected chi connectivity index (χ1v) is 6.41. The number of hydrogen-bond acceptors (Lipinski definition) is 4. The molecule has 1 aromatic heterocycles. The first-order chi connectivity index (χ1) is 8.91. The van der Waals surface area contributed by atoms with Crippen molar-refractivity contribution in [2.75, 3.05) is 0 Å². The molecule has 1 aliphatic carbocycles. The van der Waals surface area contributed by atoms with Crippen molar-refractivity contribution in [3.63, 3.8) is 0 Å². The van der Waals surface area contributed by atoms with Crippen LogP contribution >= 0.6 is 0 Å². The number of aliphatic carboxylic acids is 1. The lowest BCUT2D eigenvalue weighted by Crippen LogP contribution is -2.42. The highest BCUT2D eigenvalue weighted by Gasteiger charge is 2.38. The summed E-state index contributed by atoms with van der Waals surface area (Å²) in [6.07, 6.45) is 1.69. The Labute approximate surface area is 111 Å².